The molecule has 0 atom stereocenters. The summed E-state index contributed by atoms with van der Waals surface area (Å²) in [5.41, 5.74) is -0.195. The van der Waals surface area contributed by atoms with E-state index in [1.54, 1.807) is 20.3 Å². The predicted octanol–water partition coefficient (Wildman–Crippen LogP) is 1.41. The summed E-state index contributed by atoms with van der Waals surface area (Å²) in [4.78, 5) is 4.29. The molecule has 6 nitrogen and oxygen atoms in total. The molecule has 0 bridgehead atoms. The standard InChI is InChI=1S/C14H22BNO5/c1-13(2)14(3,4)21-15(20-13)9-8-10(17-5)12(19-7)16-11(9)18-6/h8H,1-7H3. The Hall–Kier alpha value is -1.47. The third kappa shape index (κ3) is 2.67. The van der Waals surface area contributed by atoms with Crippen LogP contribution in [0, 0.1) is 0 Å². The van der Waals surface area contributed by atoms with Gasteiger partial charge < -0.3 is 23.5 Å². The van der Waals surface area contributed by atoms with Crippen LogP contribution in [0.3, 0.4) is 0 Å². The average molecular weight is 295 g/mol. The maximum atomic E-state index is 6.03. The average Bonchev–Trinajstić information content (AvgIpc) is 2.65. The third-order valence-electron chi connectivity index (χ3n) is 4.06. The molecule has 1 saturated heterocycles. The molecule has 1 aliphatic rings. The Bertz CT molecular complexity index is 516. The molecule has 0 radical (unpaired) electrons. The summed E-state index contributed by atoms with van der Waals surface area (Å²) in [6.45, 7) is 7.97. The first-order chi connectivity index (χ1) is 9.75. The zero-order valence-electron chi connectivity index (χ0n) is 13.6. The van der Waals surface area contributed by atoms with E-state index in [4.69, 9.17) is 23.5 Å². The van der Waals surface area contributed by atoms with E-state index in [0.29, 0.717) is 23.0 Å². The van der Waals surface area contributed by atoms with Crippen LogP contribution < -0.4 is 19.7 Å². The first-order valence-corrected chi connectivity index (χ1v) is 6.78. The van der Waals surface area contributed by atoms with Crippen molar-refractivity contribution in [2.75, 3.05) is 21.3 Å². The van der Waals surface area contributed by atoms with E-state index >= 15 is 0 Å². The van der Waals surface area contributed by atoms with Gasteiger partial charge in [-0.05, 0) is 33.8 Å². The van der Waals surface area contributed by atoms with Gasteiger partial charge in [0.05, 0.1) is 32.5 Å². The molecule has 116 valence electrons. The zero-order valence-corrected chi connectivity index (χ0v) is 13.6. The van der Waals surface area contributed by atoms with Gasteiger partial charge in [0, 0.05) is 5.46 Å². The van der Waals surface area contributed by atoms with Crippen LogP contribution in [0.1, 0.15) is 27.7 Å². The quantitative estimate of drug-likeness (QED) is 0.783. The van der Waals surface area contributed by atoms with Crippen LogP contribution >= 0.6 is 0 Å². The fourth-order valence-corrected chi connectivity index (χ4v) is 2.07. The van der Waals surface area contributed by atoms with Crippen LogP contribution in [0.4, 0.5) is 0 Å². The van der Waals surface area contributed by atoms with Gasteiger partial charge in [0.15, 0.2) is 5.75 Å². The molecule has 0 aromatic carbocycles. The molecule has 2 heterocycles. The van der Waals surface area contributed by atoms with Crippen molar-refractivity contribution >= 4 is 12.6 Å². The molecule has 2 rings (SSSR count). The van der Waals surface area contributed by atoms with Gasteiger partial charge in [-0.3, -0.25) is 0 Å². The summed E-state index contributed by atoms with van der Waals surface area (Å²) in [6.07, 6.45) is 0. The highest BCUT2D eigenvalue weighted by Crippen LogP contribution is 2.38. The number of methoxy groups -OCH3 is 3. The first kappa shape index (κ1) is 15.9. The van der Waals surface area contributed by atoms with Gasteiger partial charge in [-0.15, -0.1) is 0 Å². The second kappa shape index (κ2) is 5.38. The Labute approximate surface area is 125 Å². The normalized spacial score (nSPS) is 19.5. The smallest absolute Gasteiger partial charge is 0.491 e. The fourth-order valence-electron chi connectivity index (χ4n) is 2.07. The van der Waals surface area contributed by atoms with E-state index in [0.717, 1.165) is 0 Å². The van der Waals surface area contributed by atoms with E-state index in [2.05, 4.69) is 4.98 Å². The van der Waals surface area contributed by atoms with Gasteiger partial charge in [0.25, 0.3) is 5.88 Å². The Morgan fingerprint density at radius 3 is 1.86 bits per heavy atom. The third-order valence-corrected chi connectivity index (χ3v) is 4.06. The van der Waals surface area contributed by atoms with Crippen molar-refractivity contribution in [1.29, 1.82) is 0 Å². The lowest BCUT2D eigenvalue weighted by molar-refractivity contribution is 0.00578. The number of aromatic nitrogens is 1. The minimum atomic E-state index is -0.572. The van der Waals surface area contributed by atoms with Crippen LogP contribution in [0.15, 0.2) is 6.07 Å². The maximum Gasteiger partial charge on any atom is 0.500 e. The Balaban J connectivity index is 2.45. The molecule has 0 aliphatic carbocycles. The van der Waals surface area contributed by atoms with E-state index in [1.165, 1.54) is 7.11 Å². The summed E-state index contributed by atoms with van der Waals surface area (Å²) in [6, 6.07) is 1.77. The van der Waals surface area contributed by atoms with Crippen LogP contribution in [0.5, 0.6) is 17.5 Å². The van der Waals surface area contributed by atoms with Crippen LogP contribution in [0.25, 0.3) is 0 Å². The van der Waals surface area contributed by atoms with E-state index < -0.39 is 18.3 Å². The predicted molar refractivity (Wildman–Crippen MR) is 79.6 cm³/mol. The molecule has 0 saturated carbocycles. The van der Waals surface area contributed by atoms with Gasteiger partial charge in [-0.1, -0.05) is 0 Å². The monoisotopic (exact) mass is 295 g/mol. The number of ether oxygens (including phenoxy) is 3. The lowest BCUT2D eigenvalue weighted by Crippen LogP contribution is -2.41. The molecule has 0 amide bonds. The molecular weight excluding hydrogens is 273 g/mol. The Morgan fingerprint density at radius 1 is 0.905 bits per heavy atom. The number of hydrogen-bond acceptors (Lipinski definition) is 6. The molecule has 0 N–H and O–H groups in total. The Morgan fingerprint density at radius 2 is 1.43 bits per heavy atom. The molecule has 21 heavy (non-hydrogen) atoms. The molecule has 0 unspecified atom stereocenters. The van der Waals surface area contributed by atoms with Gasteiger partial charge in [-0.2, -0.15) is 4.98 Å². The van der Waals surface area contributed by atoms with Crippen LogP contribution in [-0.4, -0.2) is 44.6 Å². The lowest BCUT2D eigenvalue weighted by Gasteiger charge is -2.32. The van der Waals surface area contributed by atoms with Gasteiger partial charge in [-0.25, -0.2) is 0 Å². The molecule has 1 aromatic rings. The Kier molecular flexibility index (Phi) is 4.08. The van der Waals surface area contributed by atoms with Crippen LogP contribution in [-0.2, 0) is 9.31 Å². The highest BCUT2D eigenvalue weighted by molar-refractivity contribution is 6.63. The minimum absolute atomic E-state index is 0.356. The summed E-state index contributed by atoms with van der Waals surface area (Å²) < 4.78 is 27.8. The molecule has 0 spiro atoms. The highest BCUT2D eigenvalue weighted by Gasteiger charge is 2.53. The van der Waals surface area contributed by atoms with Crippen LogP contribution in [0.2, 0.25) is 0 Å². The van der Waals surface area contributed by atoms with Gasteiger partial charge in [0.2, 0.25) is 5.88 Å². The van der Waals surface area contributed by atoms with Crippen molar-refractivity contribution in [3.8, 4) is 17.5 Å². The molecule has 1 aliphatic heterocycles. The van der Waals surface area contributed by atoms with Crippen molar-refractivity contribution in [2.45, 2.75) is 38.9 Å². The molecule has 1 aromatic heterocycles. The number of nitrogens with zero attached hydrogens (tertiary/aromatic N) is 1. The van der Waals surface area contributed by atoms with E-state index in [9.17, 15) is 0 Å². The van der Waals surface area contributed by atoms with Crippen molar-refractivity contribution < 1.29 is 23.5 Å². The van der Waals surface area contributed by atoms with Crippen molar-refractivity contribution in [3.63, 3.8) is 0 Å². The fraction of sp³-hybridized carbons (Fsp3) is 0.643. The summed E-state index contributed by atoms with van der Waals surface area (Å²) in [5.74, 6) is 1.25. The molecular formula is C14H22BNO5. The van der Waals surface area contributed by atoms with Crippen molar-refractivity contribution in [1.82, 2.24) is 4.98 Å². The van der Waals surface area contributed by atoms with Gasteiger partial charge >= 0.3 is 7.12 Å². The lowest BCUT2D eigenvalue weighted by atomic mass is 9.79. The summed E-state index contributed by atoms with van der Waals surface area (Å²) in [5, 5.41) is 0. The maximum absolute atomic E-state index is 6.03. The van der Waals surface area contributed by atoms with Crippen molar-refractivity contribution in [2.24, 2.45) is 0 Å². The largest absolute Gasteiger partial charge is 0.500 e. The second-order valence-corrected chi connectivity index (χ2v) is 5.89. The molecule has 7 heteroatoms. The van der Waals surface area contributed by atoms with Crippen molar-refractivity contribution in [3.05, 3.63) is 6.07 Å². The molecule has 1 fully saturated rings. The van der Waals surface area contributed by atoms with E-state index in [1.807, 2.05) is 27.7 Å². The minimum Gasteiger partial charge on any atom is -0.491 e. The highest BCUT2D eigenvalue weighted by atomic mass is 16.7. The number of rotatable bonds is 4. The number of pyridine rings is 1. The first-order valence-electron chi connectivity index (χ1n) is 6.78. The summed E-state index contributed by atoms with van der Waals surface area (Å²) >= 11 is 0. The SMILES string of the molecule is COc1cc(B2OC(C)(C)C(C)(C)O2)c(OC)nc1OC. The second-order valence-electron chi connectivity index (χ2n) is 5.89. The van der Waals surface area contributed by atoms with Gasteiger partial charge in [0.1, 0.15) is 0 Å². The zero-order chi connectivity index (χ0) is 15.8. The summed E-state index contributed by atoms with van der Waals surface area (Å²) in [7, 11) is 4.05. The van der Waals surface area contributed by atoms with E-state index in [-0.39, 0.29) is 0 Å². The topological polar surface area (TPSA) is 59.0 Å². The number of hydrogen-bond donors (Lipinski definition) is 0.